The smallest absolute Gasteiger partial charge is 0.303 e. The number of esters is 1. The Bertz CT molecular complexity index is 815. The molecule has 0 saturated carbocycles. The molecule has 0 saturated heterocycles. The zero-order valence-electron chi connectivity index (χ0n) is 14.3. The Labute approximate surface area is 142 Å². The lowest BCUT2D eigenvalue weighted by Gasteiger charge is -2.41. The number of fused-ring (bicyclic) bond motifs is 1. The Balaban J connectivity index is 2.08. The summed E-state index contributed by atoms with van der Waals surface area (Å²) in [4.78, 5) is 24.9. The van der Waals surface area contributed by atoms with Crippen LogP contribution >= 0.6 is 0 Å². The van der Waals surface area contributed by atoms with Crippen molar-refractivity contribution < 1.29 is 14.3 Å². The largest absolute Gasteiger partial charge is 0.458 e. The van der Waals surface area contributed by atoms with E-state index in [1.807, 2.05) is 68.5 Å². The number of rotatable bonds is 3. The van der Waals surface area contributed by atoms with Crippen LogP contribution in [-0.4, -0.2) is 17.4 Å². The van der Waals surface area contributed by atoms with Crippen LogP contribution in [0.15, 0.2) is 54.6 Å². The first-order chi connectivity index (χ1) is 11.4. The first-order valence-corrected chi connectivity index (χ1v) is 8.31. The molecule has 0 N–H and O–H groups in total. The van der Waals surface area contributed by atoms with Gasteiger partial charge >= 0.3 is 5.97 Å². The van der Waals surface area contributed by atoms with E-state index in [9.17, 15) is 9.59 Å². The van der Waals surface area contributed by atoms with E-state index >= 15 is 0 Å². The van der Waals surface area contributed by atoms with Gasteiger partial charge in [0.15, 0.2) is 5.78 Å². The SMILES string of the molecule is CC(=O)OC1(C)C(C)CC=CC1C(=O)c1cccc2ccccc12. The monoisotopic (exact) mass is 322 g/mol. The van der Waals surface area contributed by atoms with Crippen molar-refractivity contribution in [3.8, 4) is 0 Å². The molecule has 0 radical (unpaired) electrons. The van der Waals surface area contributed by atoms with E-state index in [1.54, 1.807) is 0 Å². The van der Waals surface area contributed by atoms with Gasteiger partial charge in [0.1, 0.15) is 5.60 Å². The summed E-state index contributed by atoms with van der Waals surface area (Å²) in [5.74, 6) is -0.750. The molecule has 0 heterocycles. The number of ketones is 1. The number of allylic oxidation sites excluding steroid dienone is 1. The molecule has 0 amide bonds. The number of benzene rings is 2. The van der Waals surface area contributed by atoms with Crippen LogP contribution in [0.1, 0.15) is 37.6 Å². The second-order valence-corrected chi connectivity index (χ2v) is 6.71. The third kappa shape index (κ3) is 2.75. The molecule has 0 aliphatic heterocycles. The first kappa shape index (κ1) is 16.4. The van der Waals surface area contributed by atoms with Crippen molar-refractivity contribution in [2.45, 2.75) is 32.8 Å². The van der Waals surface area contributed by atoms with Crippen LogP contribution < -0.4 is 0 Å². The van der Waals surface area contributed by atoms with Gasteiger partial charge in [-0.25, -0.2) is 0 Å². The molecule has 2 aromatic rings. The summed E-state index contributed by atoms with van der Waals surface area (Å²) in [5, 5.41) is 1.96. The van der Waals surface area contributed by atoms with Crippen molar-refractivity contribution in [2.24, 2.45) is 11.8 Å². The average Bonchev–Trinajstić information content (AvgIpc) is 2.55. The lowest BCUT2D eigenvalue weighted by atomic mass is 9.70. The number of carbonyl (C=O) groups is 2. The maximum Gasteiger partial charge on any atom is 0.303 e. The van der Waals surface area contributed by atoms with Crippen molar-refractivity contribution in [3.05, 3.63) is 60.2 Å². The Morgan fingerprint density at radius 3 is 2.58 bits per heavy atom. The maximum absolute atomic E-state index is 13.3. The Morgan fingerprint density at radius 2 is 1.83 bits per heavy atom. The number of hydrogen-bond acceptors (Lipinski definition) is 3. The molecule has 0 spiro atoms. The first-order valence-electron chi connectivity index (χ1n) is 8.31. The van der Waals surface area contributed by atoms with E-state index in [1.165, 1.54) is 6.92 Å². The van der Waals surface area contributed by atoms with E-state index in [0.717, 1.165) is 17.2 Å². The number of carbonyl (C=O) groups excluding carboxylic acids is 2. The average molecular weight is 322 g/mol. The normalized spacial score (nSPS) is 26.3. The summed E-state index contributed by atoms with van der Waals surface area (Å²) in [5.41, 5.74) is -0.149. The molecular weight excluding hydrogens is 300 g/mol. The van der Waals surface area contributed by atoms with E-state index in [4.69, 9.17) is 4.74 Å². The molecular formula is C21H22O3. The van der Waals surface area contributed by atoms with Gasteiger partial charge in [-0.15, -0.1) is 0 Å². The van der Waals surface area contributed by atoms with Crippen LogP contribution in [0, 0.1) is 11.8 Å². The van der Waals surface area contributed by atoms with Crippen LogP contribution in [0.4, 0.5) is 0 Å². The van der Waals surface area contributed by atoms with Gasteiger partial charge in [-0.1, -0.05) is 61.5 Å². The van der Waals surface area contributed by atoms with E-state index in [0.29, 0.717) is 5.56 Å². The minimum atomic E-state index is -0.825. The van der Waals surface area contributed by atoms with Gasteiger partial charge in [0.2, 0.25) is 0 Å². The fraction of sp³-hybridized carbons (Fsp3) is 0.333. The van der Waals surface area contributed by atoms with Crippen LogP contribution in [0.5, 0.6) is 0 Å². The van der Waals surface area contributed by atoms with Gasteiger partial charge in [-0.2, -0.15) is 0 Å². The van der Waals surface area contributed by atoms with Crippen molar-refractivity contribution in [2.75, 3.05) is 0 Å². The standard InChI is InChI=1S/C21H22O3/c1-14-8-6-13-19(21(14,3)24-15(2)22)20(23)18-12-7-10-16-9-4-5-11-17(16)18/h4-7,9-14,19H,8H2,1-3H3. The van der Waals surface area contributed by atoms with Crippen molar-refractivity contribution in [3.63, 3.8) is 0 Å². The Hall–Kier alpha value is -2.42. The van der Waals surface area contributed by atoms with Crippen molar-refractivity contribution in [1.29, 1.82) is 0 Å². The molecule has 3 nitrogen and oxygen atoms in total. The Morgan fingerprint density at radius 1 is 1.12 bits per heavy atom. The summed E-state index contributed by atoms with van der Waals surface area (Å²) in [6.07, 6.45) is 4.71. The van der Waals surface area contributed by atoms with Gasteiger partial charge in [-0.3, -0.25) is 9.59 Å². The van der Waals surface area contributed by atoms with E-state index in [-0.39, 0.29) is 17.7 Å². The number of hydrogen-bond donors (Lipinski definition) is 0. The molecule has 1 aliphatic carbocycles. The van der Waals surface area contributed by atoms with Gasteiger partial charge < -0.3 is 4.74 Å². The molecule has 0 bridgehead atoms. The molecule has 3 rings (SSSR count). The zero-order valence-corrected chi connectivity index (χ0v) is 14.3. The van der Waals surface area contributed by atoms with Crippen LogP contribution in [-0.2, 0) is 9.53 Å². The highest BCUT2D eigenvalue weighted by Gasteiger charge is 2.46. The van der Waals surface area contributed by atoms with Crippen molar-refractivity contribution >= 4 is 22.5 Å². The minimum Gasteiger partial charge on any atom is -0.458 e. The molecule has 3 atom stereocenters. The molecule has 3 unspecified atom stereocenters. The molecule has 124 valence electrons. The third-order valence-corrected chi connectivity index (χ3v) is 5.12. The summed E-state index contributed by atoms with van der Waals surface area (Å²) >= 11 is 0. The summed E-state index contributed by atoms with van der Waals surface area (Å²) in [6.45, 7) is 5.29. The van der Waals surface area contributed by atoms with Crippen molar-refractivity contribution in [1.82, 2.24) is 0 Å². The predicted molar refractivity (Wildman–Crippen MR) is 94.9 cm³/mol. The lowest BCUT2D eigenvalue weighted by Crippen LogP contribution is -2.49. The second kappa shape index (κ2) is 6.23. The van der Waals surface area contributed by atoms with Gasteiger partial charge in [0.05, 0.1) is 5.92 Å². The molecule has 0 aromatic heterocycles. The number of ether oxygens (including phenoxy) is 1. The van der Waals surface area contributed by atoms with E-state index < -0.39 is 11.5 Å². The fourth-order valence-corrected chi connectivity index (χ4v) is 3.58. The van der Waals surface area contributed by atoms with Crippen LogP contribution in [0.2, 0.25) is 0 Å². The van der Waals surface area contributed by atoms with Gasteiger partial charge in [0.25, 0.3) is 0 Å². The quantitative estimate of drug-likeness (QED) is 0.473. The van der Waals surface area contributed by atoms with Crippen LogP contribution in [0.25, 0.3) is 10.8 Å². The summed E-state index contributed by atoms with van der Waals surface area (Å²) < 4.78 is 5.65. The minimum absolute atomic E-state index is 0.00153. The molecule has 2 aromatic carbocycles. The Kier molecular flexibility index (Phi) is 4.27. The van der Waals surface area contributed by atoms with Gasteiger partial charge in [0, 0.05) is 18.4 Å². The molecule has 1 aliphatic rings. The third-order valence-electron chi connectivity index (χ3n) is 5.12. The fourth-order valence-electron chi connectivity index (χ4n) is 3.58. The van der Waals surface area contributed by atoms with Crippen LogP contribution in [0.3, 0.4) is 0 Å². The second-order valence-electron chi connectivity index (χ2n) is 6.71. The highest BCUT2D eigenvalue weighted by atomic mass is 16.6. The zero-order chi connectivity index (χ0) is 17.3. The predicted octanol–water partition coefficient (Wildman–Crippen LogP) is 4.56. The molecule has 0 fully saturated rings. The maximum atomic E-state index is 13.3. The summed E-state index contributed by atoms with van der Waals surface area (Å²) in [7, 11) is 0. The highest BCUT2D eigenvalue weighted by molar-refractivity contribution is 6.10. The molecule has 3 heteroatoms. The lowest BCUT2D eigenvalue weighted by molar-refractivity contribution is -0.164. The molecule has 24 heavy (non-hydrogen) atoms. The highest BCUT2D eigenvalue weighted by Crippen LogP contribution is 2.40. The number of Topliss-reactive ketones (excluding diaryl/α,β-unsaturated/α-hetero) is 1. The van der Waals surface area contributed by atoms with Gasteiger partial charge in [-0.05, 0) is 24.1 Å². The van der Waals surface area contributed by atoms with E-state index in [2.05, 4.69) is 0 Å². The topological polar surface area (TPSA) is 43.4 Å². The summed E-state index contributed by atoms with van der Waals surface area (Å²) in [6, 6.07) is 13.6.